The van der Waals surface area contributed by atoms with Gasteiger partial charge in [-0.25, -0.2) is 9.79 Å². The molecule has 1 atom stereocenters. The van der Waals surface area contributed by atoms with Crippen LogP contribution in [0.2, 0.25) is 0 Å². The third-order valence-corrected chi connectivity index (χ3v) is 8.57. The smallest absolute Gasteiger partial charge is 0.338 e. The highest BCUT2D eigenvalue weighted by atomic mass is 79.9. The lowest BCUT2D eigenvalue weighted by molar-refractivity contribution is -0.138. The molecule has 1 aliphatic rings. The number of nitrogens with zero attached hydrogens (tertiary/aromatic N) is 2. The van der Waals surface area contributed by atoms with E-state index in [-0.39, 0.29) is 12.2 Å². The zero-order chi connectivity index (χ0) is 26.8. The lowest BCUT2D eigenvalue weighted by Crippen LogP contribution is -2.39. The van der Waals surface area contributed by atoms with Crippen molar-refractivity contribution in [2.24, 2.45) is 4.99 Å². The molecule has 194 valence electrons. The molecule has 1 aliphatic heterocycles. The maximum Gasteiger partial charge on any atom is 0.338 e. The molecule has 2 aromatic carbocycles. The molecule has 0 spiro atoms. The third kappa shape index (κ3) is 4.75. The molecule has 0 aliphatic carbocycles. The zero-order valence-electron chi connectivity index (χ0n) is 20.8. The first-order chi connectivity index (χ1) is 18.5. The van der Waals surface area contributed by atoms with E-state index in [1.165, 1.54) is 22.7 Å². The van der Waals surface area contributed by atoms with Gasteiger partial charge in [-0.1, -0.05) is 63.7 Å². The Bertz CT molecular complexity index is 1710. The maximum atomic E-state index is 13.9. The molecule has 0 bridgehead atoms. The van der Waals surface area contributed by atoms with Gasteiger partial charge in [0.05, 0.1) is 36.6 Å². The van der Waals surface area contributed by atoms with E-state index in [0.717, 1.165) is 20.5 Å². The Labute approximate surface area is 235 Å². The minimum Gasteiger partial charge on any atom is -0.493 e. The zero-order valence-corrected chi connectivity index (χ0v) is 24.0. The number of thiophene rings is 1. The van der Waals surface area contributed by atoms with Crippen molar-refractivity contribution < 1.29 is 19.0 Å². The van der Waals surface area contributed by atoms with E-state index in [2.05, 4.69) is 15.9 Å². The molecule has 5 rings (SSSR count). The molecule has 0 amide bonds. The minimum absolute atomic E-state index is 0.208. The van der Waals surface area contributed by atoms with E-state index in [9.17, 15) is 9.59 Å². The second-order valence-electron chi connectivity index (χ2n) is 8.18. The average Bonchev–Trinajstić information content (AvgIpc) is 3.57. The lowest BCUT2D eigenvalue weighted by Gasteiger charge is -2.24. The number of benzene rings is 2. The second-order valence-corrected chi connectivity index (χ2v) is 11.0. The molecule has 38 heavy (non-hydrogen) atoms. The molecular weight excluding hydrogens is 588 g/mol. The van der Waals surface area contributed by atoms with Crippen LogP contribution in [0.25, 0.3) is 11.8 Å². The molecule has 0 radical (unpaired) electrons. The first-order valence-electron chi connectivity index (χ1n) is 11.7. The van der Waals surface area contributed by atoms with Gasteiger partial charge in [0, 0.05) is 14.9 Å². The van der Waals surface area contributed by atoms with E-state index < -0.39 is 12.0 Å². The summed E-state index contributed by atoms with van der Waals surface area (Å²) in [5.41, 5.74) is 2.11. The summed E-state index contributed by atoms with van der Waals surface area (Å²) in [6, 6.07) is 16.2. The van der Waals surface area contributed by atoms with Crippen LogP contribution < -0.4 is 24.4 Å². The number of halogens is 1. The SMILES string of the molecule is CCOC(=O)C1=C(c2ccccc2)N=c2s/c(=C\c3cc(OC)c(OC)cc3Br)c(=O)n2C1c1cccs1. The van der Waals surface area contributed by atoms with Gasteiger partial charge in [0.1, 0.15) is 6.04 Å². The fraction of sp³-hybridized carbons (Fsp3) is 0.179. The molecule has 2 aromatic heterocycles. The van der Waals surface area contributed by atoms with Crippen LogP contribution in [0.1, 0.15) is 29.0 Å². The first-order valence-corrected chi connectivity index (χ1v) is 14.2. The standard InChI is InChI=1S/C28H23BrN2O5S2/c1-4-36-27(33)23-24(16-9-6-5-7-10-16)30-28-31(25(23)21-11-8-12-37-21)26(32)22(38-28)14-17-13-19(34-2)20(35-3)15-18(17)29/h5-15,25H,4H2,1-3H3/b22-14-. The molecule has 1 unspecified atom stereocenters. The van der Waals surface area contributed by atoms with Crippen molar-refractivity contribution in [1.29, 1.82) is 0 Å². The summed E-state index contributed by atoms with van der Waals surface area (Å²) >= 11 is 6.32. The molecule has 0 saturated carbocycles. The Morgan fingerprint density at radius 3 is 2.50 bits per heavy atom. The molecule has 7 nitrogen and oxygen atoms in total. The van der Waals surface area contributed by atoms with Crippen molar-refractivity contribution in [3.63, 3.8) is 0 Å². The van der Waals surface area contributed by atoms with Crippen LogP contribution in [0.3, 0.4) is 0 Å². The van der Waals surface area contributed by atoms with Crippen LogP contribution in [0.5, 0.6) is 11.5 Å². The van der Waals surface area contributed by atoms with Gasteiger partial charge in [-0.05, 0) is 42.1 Å². The fourth-order valence-corrected chi connectivity index (χ4v) is 6.53. The Kier molecular flexibility index (Phi) is 7.64. The van der Waals surface area contributed by atoms with E-state index in [1.807, 2.05) is 47.8 Å². The largest absolute Gasteiger partial charge is 0.493 e. The summed E-state index contributed by atoms with van der Waals surface area (Å²) in [5, 5.41) is 1.93. The number of hydrogen-bond donors (Lipinski definition) is 0. The van der Waals surface area contributed by atoms with Gasteiger partial charge in [0.15, 0.2) is 16.3 Å². The summed E-state index contributed by atoms with van der Waals surface area (Å²) in [6.45, 7) is 1.97. The first kappa shape index (κ1) is 26.1. The van der Waals surface area contributed by atoms with E-state index >= 15 is 0 Å². The molecule has 0 saturated heterocycles. The molecular formula is C28H23BrN2O5S2. The fourth-order valence-electron chi connectivity index (χ4n) is 4.28. The molecule has 0 fully saturated rings. The Balaban J connectivity index is 1.79. The van der Waals surface area contributed by atoms with Gasteiger partial charge in [-0.15, -0.1) is 11.3 Å². The molecule has 10 heteroatoms. The van der Waals surface area contributed by atoms with E-state index in [1.54, 1.807) is 43.9 Å². The number of fused-ring (bicyclic) bond motifs is 1. The van der Waals surface area contributed by atoms with Gasteiger partial charge >= 0.3 is 5.97 Å². The van der Waals surface area contributed by atoms with Gasteiger partial charge in [0.2, 0.25) is 0 Å². The number of aromatic nitrogens is 1. The quantitative estimate of drug-likeness (QED) is 0.281. The van der Waals surface area contributed by atoms with Gasteiger partial charge in [0.25, 0.3) is 5.56 Å². The topological polar surface area (TPSA) is 79.1 Å². The number of hydrogen-bond acceptors (Lipinski definition) is 8. The number of carbonyl (C=O) groups is 1. The summed E-state index contributed by atoms with van der Waals surface area (Å²) in [4.78, 5) is 33.5. The number of thiazole rings is 1. The summed E-state index contributed by atoms with van der Waals surface area (Å²) in [7, 11) is 3.13. The number of esters is 1. The Hall–Kier alpha value is -3.47. The second kappa shape index (κ2) is 11.1. The summed E-state index contributed by atoms with van der Waals surface area (Å²) in [5.74, 6) is 0.620. The highest BCUT2D eigenvalue weighted by Crippen LogP contribution is 2.37. The number of rotatable bonds is 7. The van der Waals surface area contributed by atoms with Crippen molar-refractivity contribution in [2.45, 2.75) is 13.0 Å². The Morgan fingerprint density at radius 1 is 1.11 bits per heavy atom. The lowest BCUT2D eigenvalue weighted by atomic mass is 9.97. The highest BCUT2D eigenvalue weighted by molar-refractivity contribution is 9.10. The maximum absolute atomic E-state index is 13.9. The van der Waals surface area contributed by atoms with Crippen LogP contribution in [-0.4, -0.2) is 31.4 Å². The molecule has 3 heterocycles. The molecule has 0 N–H and O–H groups in total. The van der Waals surface area contributed by atoms with Crippen molar-refractivity contribution in [1.82, 2.24) is 4.57 Å². The predicted octanol–water partition coefficient (Wildman–Crippen LogP) is 4.78. The number of carbonyl (C=O) groups excluding carboxylic acids is 1. The average molecular weight is 612 g/mol. The van der Waals surface area contributed by atoms with Gasteiger partial charge < -0.3 is 14.2 Å². The predicted molar refractivity (Wildman–Crippen MR) is 153 cm³/mol. The normalized spacial score (nSPS) is 15.2. The number of ether oxygens (including phenoxy) is 3. The molecule has 4 aromatic rings. The monoisotopic (exact) mass is 610 g/mol. The minimum atomic E-state index is -0.670. The van der Waals surface area contributed by atoms with E-state index in [4.69, 9.17) is 19.2 Å². The van der Waals surface area contributed by atoms with Crippen molar-refractivity contribution in [3.05, 3.63) is 106 Å². The highest BCUT2D eigenvalue weighted by Gasteiger charge is 2.35. The van der Waals surface area contributed by atoms with Gasteiger partial charge in [-0.2, -0.15) is 0 Å². The van der Waals surface area contributed by atoms with Crippen LogP contribution in [0.4, 0.5) is 0 Å². The third-order valence-electron chi connectivity index (χ3n) is 5.98. The van der Waals surface area contributed by atoms with Crippen LogP contribution >= 0.6 is 38.6 Å². The number of methoxy groups -OCH3 is 2. The van der Waals surface area contributed by atoms with Crippen LogP contribution in [0.15, 0.2) is 79.8 Å². The van der Waals surface area contributed by atoms with Crippen LogP contribution in [0, 0.1) is 0 Å². The summed E-state index contributed by atoms with van der Waals surface area (Å²) in [6.07, 6.45) is 1.79. The van der Waals surface area contributed by atoms with Crippen molar-refractivity contribution in [3.8, 4) is 11.5 Å². The van der Waals surface area contributed by atoms with Crippen molar-refractivity contribution in [2.75, 3.05) is 20.8 Å². The van der Waals surface area contributed by atoms with Crippen LogP contribution in [-0.2, 0) is 9.53 Å². The van der Waals surface area contributed by atoms with E-state index in [0.29, 0.717) is 32.1 Å². The van der Waals surface area contributed by atoms with Gasteiger partial charge in [-0.3, -0.25) is 9.36 Å². The summed E-state index contributed by atoms with van der Waals surface area (Å²) < 4.78 is 19.1. The van der Waals surface area contributed by atoms with Crippen molar-refractivity contribution >= 4 is 56.3 Å². The Morgan fingerprint density at radius 2 is 1.84 bits per heavy atom.